The zero-order chi connectivity index (χ0) is 29.2. The third-order valence-electron chi connectivity index (χ3n) is 7.19. The lowest BCUT2D eigenvalue weighted by Crippen LogP contribution is -2.57. The molecule has 40 heavy (non-hydrogen) atoms. The highest BCUT2D eigenvalue weighted by molar-refractivity contribution is 7.92. The summed E-state index contributed by atoms with van der Waals surface area (Å²) in [4.78, 5) is 20.5. The number of amides is 1. The number of hydrogen-bond donors (Lipinski definition) is 1. The van der Waals surface area contributed by atoms with Crippen LogP contribution in [0.25, 0.3) is 0 Å². The number of aromatic nitrogens is 3. The number of H-pyrrole nitrogens is 1. The molecule has 1 aliphatic rings. The van der Waals surface area contributed by atoms with Crippen molar-refractivity contribution in [1.29, 1.82) is 0 Å². The fourth-order valence-corrected chi connectivity index (χ4v) is 6.68. The van der Waals surface area contributed by atoms with Crippen LogP contribution in [-0.2, 0) is 25.8 Å². The van der Waals surface area contributed by atoms with Crippen LogP contribution in [-0.4, -0.2) is 57.1 Å². The molecule has 0 spiro atoms. The van der Waals surface area contributed by atoms with E-state index in [1.54, 1.807) is 50.8 Å². The van der Waals surface area contributed by atoms with E-state index in [1.807, 2.05) is 37.3 Å². The van der Waals surface area contributed by atoms with Gasteiger partial charge in [-0.25, -0.2) is 13.4 Å². The Bertz CT molecular complexity index is 1440. The molecule has 216 valence electrons. The standard InChI is InChI=1S/C29H36Cl2N4O4S/c1-6-8-23(17-40(37,38)29(3,4)5)35-26(19-11-13-21(30)14-12-19)27(20-9-7-10-22(31)15-20)39-24(28(35)36)16-25-32-18(2)33-34-25/h7,9-15,23-24,26-27H,6,8,16-17H2,1-5H3,(H,32,33,34)/t23-,24+,26+,27+/m0/s1. The molecule has 4 atom stereocenters. The van der Waals surface area contributed by atoms with Crippen LogP contribution in [0, 0.1) is 6.92 Å². The largest absolute Gasteiger partial charge is 0.357 e. The van der Waals surface area contributed by atoms with E-state index in [9.17, 15) is 13.2 Å². The maximum Gasteiger partial charge on any atom is 0.253 e. The molecule has 4 rings (SSSR count). The Hall–Kier alpha value is -2.46. The maximum atomic E-state index is 14.4. The van der Waals surface area contributed by atoms with Crippen molar-refractivity contribution >= 4 is 38.9 Å². The zero-order valence-corrected chi connectivity index (χ0v) is 25.7. The molecule has 1 N–H and O–H groups in total. The number of nitrogens with one attached hydrogen (secondary N) is 1. The van der Waals surface area contributed by atoms with Gasteiger partial charge in [0.05, 0.1) is 16.5 Å². The first-order valence-electron chi connectivity index (χ1n) is 13.4. The summed E-state index contributed by atoms with van der Waals surface area (Å²) in [6.45, 7) is 8.83. The molecule has 0 aliphatic carbocycles. The number of ether oxygens (including phenoxy) is 1. The minimum Gasteiger partial charge on any atom is -0.357 e. The van der Waals surface area contributed by atoms with Crippen LogP contribution < -0.4 is 0 Å². The number of nitrogens with zero attached hydrogens (tertiary/aromatic N) is 3. The predicted molar refractivity (Wildman–Crippen MR) is 157 cm³/mol. The molecule has 1 aliphatic heterocycles. The average Bonchev–Trinajstić information content (AvgIpc) is 3.29. The molecule has 8 nitrogen and oxygen atoms in total. The monoisotopic (exact) mass is 606 g/mol. The lowest BCUT2D eigenvalue weighted by Gasteiger charge is -2.48. The fourth-order valence-electron chi connectivity index (χ4n) is 5.03. The van der Waals surface area contributed by atoms with Gasteiger partial charge in [0.1, 0.15) is 18.0 Å². The number of aryl methyl sites for hydroxylation is 1. The van der Waals surface area contributed by atoms with E-state index < -0.39 is 38.9 Å². The average molecular weight is 608 g/mol. The van der Waals surface area contributed by atoms with Gasteiger partial charge in [0, 0.05) is 22.5 Å². The summed E-state index contributed by atoms with van der Waals surface area (Å²) >= 11 is 12.6. The molecule has 1 saturated heterocycles. The highest BCUT2D eigenvalue weighted by atomic mass is 35.5. The summed E-state index contributed by atoms with van der Waals surface area (Å²) in [5.74, 6) is 0.596. The molecular weight excluding hydrogens is 571 g/mol. The lowest BCUT2D eigenvalue weighted by atomic mass is 9.89. The number of carbonyl (C=O) groups excluding carboxylic acids is 1. The lowest BCUT2D eigenvalue weighted by molar-refractivity contribution is -0.178. The molecule has 2 aromatic carbocycles. The Morgan fingerprint density at radius 2 is 1.77 bits per heavy atom. The summed E-state index contributed by atoms with van der Waals surface area (Å²) < 4.78 is 32.6. The van der Waals surface area contributed by atoms with Crippen LogP contribution in [0.3, 0.4) is 0 Å². The van der Waals surface area contributed by atoms with Gasteiger partial charge in [0.2, 0.25) is 0 Å². The second kappa shape index (κ2) is 12.2. The van der Waals surface area contributed by atoms with E-state index in [4.69, 9.17) is 27.9 Å². The molecule has 1 amide bonds. The number of halogens is 2. The van der Waals surface area contributed by atoms with Crippen LogP contribution in [0.1, 0.15) is 75.5 Å². The van der Waals surface area contributed by atoms with Gasteiger partial charge in [-0.2, -0.15) is 5.10 Å². The second-order valence-electron chi connectivity index (χ2n) is 11.2. The topological polar surface area (TPSA) is 105 Å². The molecule has 3 aromatic rings. The van der Waals surface area contributed by atoms with Crippen LogP contribution >= 0.6 is 23.2 Å². The van der Waals surface area contributed by atoms with Gasteiger partial charge in [0.25, 0.3) is 5.91 Å². The molecule has 0 unspecified atom stereocenters. The molecule has 1 fully saturated rings. The third kappa shape index (κ3) is 6.70. The van der Waals surface area contributed by atoms with Gasteiger partial charge in [-0.1, -0.05) is 60.8 Å². The number of aromatic amines is 1. The number of hydrogen-bond acceptors (Lipinski definition) is 6. The molecule has 1 aromatic heterocycles. The maximum absolute atomic E-state index is 14.4. The Kier molecular flexibility index (Phi) is 9.29. The molecule has 0 bridgehead atoms. The normalized spacial score (nSPS) is 21.0. The van der Waals surface area contributed by atoms with Crippen molar-refractivity contribution in [3.63, 3.8) is 0 Å². The summed E-state index contributed by atoms with van der Waals surface area (Å²) in [5, 5.41) is 8.12. The van der Waals surface area contributed by atoms with Gasteiger partial charge in [-0.05, 0) is 69.5 Å². The first-order chi connectivity index (χ1) is 18.8. The molecule has 0 saturated carbocycles. The van der Waals surface area contributed by atoms with E-state index in [0.717, 1.165) is 11.1 Å². The smallest absolute Gasteiger partial charge is 0.253 e. The van der Waals surface area contributed by atoms with Gasteiger partial charge in [-0.15, -0.1) is 0 Å². The quantitative estimate of drug-likeness (QED) is 0.317. The van der Waals surface area contributed by atoms with Gasteiger partial charge in [0.15, 0.2) is 15.7 Å². The van der Waals surface area contributed by atoms with E-state index in [-0.39, 0.29) is 18.1 Å². The highest BCUT2D eigenvalue weighted by Crippen LogP contribution is 2.45. The van der Waals surface area contributed by atoms with Crippen molar-refractivity contribution in [1.82, 2.24) is 20.1 Å². The summed E-state index contributed by atoms with van der Waals surface area (Å²) in [5.41, 5.74) is 1.55. The number of sulfone groups is 1. The van der Waals surface area contributed by atoms with Crippen molar-refractivity contribution in [3.8, 4) is 0 Å². The summed E-state index contributed by atoms with van der Waals surface area (Å²) in [7, 11) is -3.57. The fraction of sp³-hybridized carbons (Fsp3) is 0.483. The number of benzene rings is 2. The number of morpholine rings is 1. The van der Waals surface area contributed by atoms with Crippen LogP contribution in [0.2, 0.25) is 10.0 Å². The number of carbonyl (C=O) groups is 1. The SMILES string of the molecule is CCC[C@@H](CS(=O)(=O)C(C)(C)C)N1C(=O)[C@@H](Cc2n[nH]c(C)n2)O[C@H](c2cccc(Cl)c2)[C@H]1c1ccc(Cl)cc1. The van der Waals surface area contributed by atoms with E-state index in [2.05, 4.69) is 15.2 Å². The first-order valence-corrected chi connectivity index (χ1v) is 15.8. The molecule has 2 heterocycles. The Morgan fingerprint density at radius 3 is 2.35 bits per heavy atom. The Morgan fingerprint density at radius 1 is 1.07 bits per heavy atom. The van der Waals surface area contributed by atoms with Crippen LogP contribution in [0.4, 0.5) is 0 Å². The molecule has 11 heteroatoms. The third-order valence-corrected chi connectivity index (χ3v) is 10.4. The van der Waals surface area contributed by atoms with Gasteiger partial charge < -0.3 is 9.64 Å². The van der Waals surface area contributed by atoms with Crippen molar-refractivity contribution in [2.75, 3.05) is 5.75 Å². The van der Waals surface area contributed by atoms with E-state index in [0.29, 0.717) is 34.5 Å². The van der Waals surface area contributed by atoms with E-state index >= 15 is 0 Å². The van der Waals surface area contributed by atoms with E-state index in [1.165, 1.54) is 0 Å². The predicted octanol–water partition coefficient (Wildman–Crippen LogP) is 6.05. The molecular formula is C29H36Cl2N4O4S. The van der Waals surface area contributed by atoms with Gasteiger partial charge in [-0.3, -0.25) is 9.89 Å². The highest BCUT2D eigenvalue weighted by Gasteiger charge is 2.48. The minimum absolute atomic E-state index is 0.134. The minimum atomic E-state index is -3.57. The van der Waals surface area contributed by atoms with Crippen molar-refractivity contribution in [2.45, 2.75) is 82.9 Å². The summed E-state index contributed by atoms with van der Waals surface area (Å²) in [6.07, 6.45) is -0.247. The van der Waals surface area contributed by atoms with Crippen LogP contribution in [0.15, 0.2) is 48.5 Å². The summed E-state index contributed by atoms with van der Waals surface area (Å²) in [6, 6.07) is 13.3. The second-order valence-corrected chi connectivity index (χ2v) is 14.9. The van der Waals surface area contributed by atoms with Crippen molar-refractivity contribution < 1.29 is 17.9 Å². The first kappa shape index (κ1) is 30.5. The van der Waals surface area contributed by atoms with Crippen molar-refractivity contribution in [2.24, 2.45) is 0 Å². The zero-order valence-electron chi connectivity index (χ0n) is 23.4. The Balaban J connectivity index is 1.89. The van der Waals surface area contributed by atoms with Gasteiger partial charge >= 0.3 is 0 Å². The van der Waals surface area contributed by atoms with Crippen molar-refractivity contribution in [3.05, 3.63) is 81.4 Å². The van der Waals surface area contributed by atoms with Crippen LogP contribution in [0.5, 0.6) is 0 Å². The molecule has 0 radical (unpaired) electrons. The Labute approximate surface area is 246 Å². The number of rotatable bonds is 9.